The van der Waals surface area contributed by atoms with E-state index >= 15 is 0 Å². The molecule has 0 aliphatic rings. The van der Waals surface area contributed by atoms with Gasteiger partial charge in [0.1, 0.15) is 0 Å². The van der Waals surface area contributed by atoms with Crippen molar-refractivity contribution in [3.8, 4) is 5.88 Å². The van der Waals surface area contributed by atoms with Crippen molar-refractivity contribution in [3.63, 3.8) is 0 Å². The molecule has 1 N–H and O–H groups in total. The highest BCUT2D eigenvalue weighted by molar-refractivity contribution is 6.21. The average Bonchev–Trinajstić information content (AvgIpc) is 2.51. The minimum absolute atomic E-state index is 0.129. The number of ether oxygens (including phenoxy) is 1. The van der Waals surface area contributed by atoms with Crippen molar-refractivity contribution in [1.29, 1.82) is 0 Å². The Bertz CT molecular complexity index is 563. The van der Waals surface area contributed by atoms with Crippen LogP contribution in [0.1, 0.15) is 30.0 Å². The molecule has 112 valence electrons. The Morgan fingerprint density at radius 2 is 2.00 bits per heavy atom. The van der Waals surface area contributed by atoms with Gasteiger partial charge in [-0.15, -0.1) is 11.6 Å². The second-order valence-electron chi connectivity index (χ2n) is 4.78. The topological polar surface area (TPSA) is 47.0 Å². The van der Waals surface area contributed by atoms with Crippen molar-refractivity contribution < 1.29 is 4.74 Å². The smallest absolute Gasteiger partial charge is 0.226 e. The van der Waals surface area contributed by atoms with Gasteiger partial charge >= 0.3 is 0 Å². The van der Waals surface area contributed by atoms with E-state index in [1.807, 2.05) is 43.3 Å². The van der Waals surface area contributed by atoms with Gasteiger partial charge in [-0.1, -0.05) is 37.3 Å². The molecule has 1 unspecified atom stereocenters. The van der Waals surface area contributed by atoms with Gasteiger partial charge in [0.05, 0.1) is 12.0 Å². The van der Waals surface area contributed by atoms with E-state index in [0.717, 1.165) is 17.7 Å². The number of hydrogen-bond donors (Lipinski definition) is 1. The van der Waals surface area contributed by atoms with Gasteiger partial charge < -0.3 is 10.1 Å². The maximum absolute atomic E-state index is 6.37. The Labute approximate surface area is 130 Å². The minimum Gasteiger partial charge on any atom is -0.478 e. The number of halogens is 1. The molecule has 0 saturated heterocycles. The molecule has 2 rings (SSSR count). The Morgan fingerprint density at radius 1 is 1.24 bits per heavy atom. The van der Waals surface area contributed by atoms with Crippen molar-refractivity contribution >= 4 is 17.5 Å². The molecule has 4 nitrogen and oxygen atoms in total. The number of anilines is 1. The number of hydrogen-bond acceptors (Lipinski definition) is 4. The van der Waals surface area contributed by atoms with E-state index in [4.69, 9.17) is 16.3 Å². The Kier molecular flexibility index (Phi) is 5.81. The fourth-order valence-electron chi connectivity index (χ4n) is 1.86. The van der Waals surface area contributed by atoms with Crippen LogP contribution in [0.2, 0.25) is 0 Å². The molecule has 1 aromatic heterocycles. The maximum Gasteiger partial charge on any atom is 0.226 e. The maximum atomic E-state index is 6.37. The molecule has 1 heterocycles. The lowest BCUT2D eigenvalue weighted by atomic mass is 10.1. The van der Waals surface area contributed by atoms with Gasteiger partial charge in [-0.05, 0) is 18.9 Å². The number of nitrogens with one attached hydrogen (secondary N) is 1. The molecule has 0 aliphatic heterocycles. The Balaban J connectivity index is 1.97. The van der Waals surface area contributed by atoms with Gasteiger partial charge in [0.15, 0.2) is 0 Å². The molecule has 0 bridgehead atoms. The molecule has 5 heteroatoms. The predicted molar refractivity (Wildman–Crippen MR) is 86.1 cm³/mol. The number of aromatic nitrogens is 2. The average molecular weight is 306 g/mol. The van der Waals surface area contributed by atoms with Crippen LogP contribution < -0.4 is 10.1 Å². The summed E-state index contributed by atoms with van der Waals surface area (Å²) in [6.07, 6.45) is 0.948. The van der Waals surface area contributed by atoms with Gasteiger partial charge in [-0.3, -0.25) is 0 Å². The second-order valence-corrected chi connectivity index (χ2v) is 5.31. The number of rotatable bonds is 7. The van der Waals surface area contributed by atoms with Crippen LogP contribution in [0, 0.1) is 6.92 Å². The van der Waals surface area contributed by atoms with Crippen LogP contribution >= 0.6 is 11.6 Å². The van der Waals surface area contributed by atoms with Gasteiger partial charge in [0.2, 0.25) is 11.8 Å². The van der Waals surface area contributed by atoms with E-state index < -0.39 is 0 Å². The van der Waals surface area contributed by atoms with Crippen molar-refractivity contribution in [2.24, 2.45) is 0 Å². The number of benzene rings is 1. The third kappa shape index (κ3) is 4.90. The van der Waals surface area contributed by atoms with Crippen LogP contribution in [-0.4, -0.2) is 23.1 Å². The highest BCUT2D eigenvalue weighted by Gasteiger charge is 2.09. The zero-order valence-corrected chi connectivity index (χ0v) is 13.1. The van der Waals surface area contributed by atoms with Gasteiger partial charge in [0, 0.05) is 18.3 Å². The fraction of sp³-hybridized carbons (Fsp3) is 0.375. The van der Waals surface area contributed by atoms with Crippen LogP contribution in [-0.2, 0) is 0 Å². The molecule has 0 amide bonds. The van der Waals surface area contributed by atoms with E-state index in [1.54, 1.807) is 0 Å². The van der Waals surface area contributed by atoms with Gasteiger partial charge in [-0.2, -0.15) is 4.98 Å². The first-order chi connectivity index (χ1) is 10.2. The highest BCUT2D eigenvalue weighted by Crippen LogP contribution is 2.20. The third-order valence-corrected chi connectivity index (χ3v) is 3.29. The van der Waals surface area contributed by atoms with E-state index in [2.05, 4.69) is 22.2 Å². The molecule has 1 aromatic carbocycles. The lowest BCUT2D eigenvalue weighted by Crippen LogP contribution is -2.11. The van der Waals surface area contributed by atoms with Crippen molar-refractivity contribution in [2.75, 3.05) is 18.5 Å². The van der Waals surface area contributed by atoms with Crippen molar-refractivity contribution in [1.82, 2.24) is 9.97 Å². The SMILES string of the molecule is CCCOc1cc(C)nc(NCC(Cl)c2ccccc2)n1. The molecule has 2 aromatic rings. The molecule has 0 fully saturated rings. The summed E-state index contributed by atoms with van der Waals surface area (Å²) in [6.45, 7) is 5.19. The summed E-state index contributed by atoms with van der Waals surface area (Å²) in [7, 11) is 0. The van der Waals surface area contributed by atoms with Gasteiger partial charge in [0.25, 0.3) is 0 Å². The normalized spacial score (nSPS) is 12.0. The van der Waals surface area contributed by atoms with Crippen molar-refractivity contribution in [2.45, 2.75) is 25.6 Å². The fourth-order valence-corrected chi connectivity index (χ4v) is 2.08. The third-order valence-electron chi connectivity index (χ3n) is 2.89. The first-order valence-corrected chi connectivity index (χ1v) is 7.54. The summed E-state index contributed by atoms with van der Waals surface area (Å²) in [4.78, 5) is 8.68. The summed E-state index contributed by atoms with van der Waals surface area (Å²) in [5, 5.41) is 3.04. The van der Waals surface area contributed by atoms with Crippen LogP contribution in [0.4, 0.5) is 5.95 Å². The number of aryl methyl sites for hydroxylation is 1. The number of alkyl halides is 1. The molecule has 21 heavy (non-hydrogen) atoms. The first kappa shape index (κ1) is 15.6. The van der Waals surface area contributed by atoms with Crippen LogP contribution in [0.25, 0.3) is 0 Å². The summed E-state index contributed by atoms with van der Waals surface area (Å²) in [5.41, 5.74) is 1.94. The standard InChI is InChI=1S/C16H20ClN3O/c1-3-9-21-15-10-12(2)19-16(20-15)18-11-14(17)13-7-5-4-6-8-13/h4-8,10,14H,3,9,11H2,1-2H3,(H,18,19,20). The quantitative estimate of drug-likeness (QED) is 0.786. The molecule has 0 radical (unpaired) electrons. The molecule has 0 aliphatic carbocycles. The molecule has 1 atom stereocenters. The first-order valence-electron chi connectivity index (χ1n) is 7.10. The lowest BCUT2D eigenvalue weighted by molar-refractivity contribution is 0.305. The largest absolute Gasteiger partial charge is 0.478 e. The summed E-state index contributed by atoms with van der Waals surface area (Å²) >= 11 is 6.37. The van der Waals surface area contributed by atoms with E-state index in [-0.39, 0.29) is 5.38 Å². The zero-order valence-electron chi connectivity index (χ0n) is 12.3. The molecule has 0 spiro atoms. The summed E-state index contributed by atoms with van der Waals surface area (Å²) in [5.74, 6) is 1.14. The van der Waals surface area contributed by atoms with E-state index in [1.165, 1.54) is 0 Å². The predicted octanol–water partition coefficient (Wildman–Crippen LogP) is 3.97. The highest BCUT2D eigenvalue weighted by atomic mass is 35.5. The molecular weight excluding hydrogens is 286 g/mol. The monoisotopic (exact) mass is 305 g/mol. The molecular formula is C16H20ClN3O. The molecule has 0 saturated carbocycles. The Hall–Kier alpha value is -1.81. The minimum atomic E-state index is -0.129. The van der Waals surface area contributed by atoms with Crippen molar-refractivity contribution in [3.05, 3.63) is 47.7 Å². The zero-order chi connectivity index (χ0) is 15.1. The van der Waals surface area contributed by atoms with Crippen LogP contribution in [0.5, 0.6) is 5.88 Å². The second kappa shape index (κ2) is 7.84. The summed E-state index contributed by atoms with van der Waals surface area (Å²) in [6, 6.07) is 11.8. The van der Waals surface area contributed by atoms with Crippen LogP contribution in [0.15, 0.2) is 36.4 Å². The van der Waals surface area contributed by atoms with E-state index in [0.29, 0.717) is 25.0 Å². The van der Waals surface area contributed by atoms with Gasteiger partial charge in [-0.25, -0.2) is 4.98 Å². The lowest BCUT2D eigenvalue weighted by Gasteiger charge is -2.12. The van der Waals surface area contributed by atoms with E-state index in [9.17, 15) is 0 Å². The van der Waals surface area contributed by atoms with Crippen LogP contribution in [0.3, 0.4) is 0 Å². The summed E-state index contributed by atoms with van der Waals surface area (Å²) < 4.78 is 5.54. The Morgan fingerprint density at radius 3 is 2.71 bits per heavy atom. The number of nitrogens with zero attached hydrogens (tertiary/aromatic N) is 2.